The van der Waals surface area contributed by atoms with Crippen LogP contribution in [0.25, 0.3) is 11.3 Å². The highest BCUT2D eigenvalue weighted by Crippen LogP contribution is 2.48. The Balaban J connectivity index is 1.59. The number of alkyl halides is 4. The molecular formula is C20H12ClF4N3O3. The molecule has 0 bridgehead atoms. The summed E-state index contributed by atoms with van der Waals surface area (Å²) in [4.78, 5) is 20.5. The number of nitrogens with zero attached hydrogens (tertiary/aromatic N) is 2. The zero-order valence-electron chi connectivity index (χ0n) is 15.6. The molecule has 1 aliphatic heterocycles. The molecule has 3 aromatic rings. The summed E-state index contributed by atoms with van der Waals surface area (Å²) in [5.74, 6) is -1.45. The van der Waals surface area contributed by atoms with Gasteiger partial charge in [0.1, 0.15) is 0 Å². The summed E-state index contributed by atoms with van der Waals surface area (Å²) in [6.45, 7) is 1.55. The lowest BCUT2D eigenvalue weighted by Crippen LogP contribution is -2.52. The minimum atomic E-state index is -4.83. The first kappa shape index (κ1) is 20.9. The fraction of sp³-hybridized carbons (Fsp3) is 0.150. The average molecular weight is 454 g/mol. The minimum Gasteiger partial charge on any atom is -0.421 e. The number of anilines is 1. The molecule has 0 aliphatic carbocycles. The van der Waals surface area contributed by atoms with E-state index in [4.69, 9.17) is 11.6 Å². The van der Waals surface area contributed by atoms with Gasteiger partial charge in [-0.15, -0.1) is 0 Å². The largest absolute Gasteiger partial charge is 0.507 e. The van der Waals surface area contributed by atoms with Crippen LogP contribution in [0.4, 0.5) is 23.4 Å². The lowest BCUT2D eigenvalue weighted by atomic mass is 10.0. The van der Waals surface area contributed by atoms with E-state index in [1.54, 1.807) is 25.1 Å². The van der Waals surface area contributed by atoms with E-state index in [-0.39, 0.29) is 22.1 Å². The second kappa shape index (κ2) is 7.38. The van der Waals surface area contributed by atoms with E-state index in [1.807, 2.05) is 0 Å². The van der Waals surface area contributed by atoms with Crippen molar-refractivity contribution < 1.29 is 31.8 Å². The number of aryl methyl sites for hydroxylation is 1. The molecule has 4 rings (SSSR count). The third kappa shape index (κ3) is 3.86. The number of nitrogens with one attached hydrogen (secondary N) is 1. The fourth-order valence-corrected chi connectivity index (χ4v) is 3.07. The van der Waals surface area contributed by atoms with Gasteiger partial charge in [0, 0.05) is 5.56 Å². The number of hydrogen-bond donors (Lipinski definition) is 1. The molecule has 2 aromatic carbocycles. The van der Waals surface area contributed by atoms with Crippen LogP contribution in [0.1, 0.15) is 15.9 Å². The van der Waals surface area contributed by atoms with Crippen molar-refractivity contribution in [1.82, 2.24) is 9.97 Å². The monoisotopic (exact) mass is 453 g/mol. The van der Waals surface area contributed by atoms with Crippen LogP contribution >= 0.6 is 11.6 Å². The Bertz CT molecular complexity index is 1170. The second-order valence-corrected chi connectivity index (χ2v) is 6.98. The zero-order chi connectivity index (χ0) is 22.4. The maximum atomic E-state index is 13.5. The lowest BCUT2D eigenvalue weighted by molar-refractivity contribution is -0.391. The maximum Gasteiger partial charge on any atom is 0.507 e. The number of rotatable bonds is 3. The first-order chi connectivity index (χ1) is 14.6. The maximum absolute atomic E-state index is 13.5. The first-order valence-electron chi connectivity index (χ1n) is 8.74. The normalized spacial score (nSPS) is 15.9. The summed E-state index contributed by atoms with van der Waals surface area (Å²) >= 11 is 5.98. The molecule has 1 aliphatic rings. The molecule has 1 N–H and O–H groups in total. The molecule has 0 saturated heterocycles. The second-order valence-electron chi connectivity index (χ2n) is 6.57. The summed E-state index contributed by atoms with van der Waals surface area (Å²) in [6, 6.07) is 8.69. The molecule has 0 fully saturated rings. The minimum absolute atomic E-state index is 0.120. The van der Waals surface area contributed by atoms with Gasteiger partial charge < -0.3 is 14.8 Å². The van der Waals surface area contributed by atoms with E-state index in [1.165, 1.54) is 18.5 Å². The molecule has 0 radical (unpaired) electrons. The highest BCUT2D eigenvalue weighted by molar-refractivity contribution is 6.34. The molecule has 2 heterocycles. The predicted octanol–water partition coefficient (Wildman–Crippen LogP) is 5.31. The molecular weight excluding hydrogens is 442 g/mol. The van der Waals surface area contributed by atoms with Gasteiger partial charge in [-0.05, 0) is 36.8 Å². The third-order valence-electron chi connectivity index (χ3n) is 4.39. The summed E-state index contributed by atoms with van der Waals surface area (Å²) in [5.41, 5.74) is 1.20. The van der Waals surface area contributed by atoms with Gasteiger partial charge in [-0.25, -0.2) is 4.98 Å². The van der Waals surface area contributed by atoms with Crippen LogP contribution in [-0.2, 0) is 0 Å². The van der Waals surface area contributed by atoms with Crippen LogP contribution in [0.5, 0.6) is 11.5 Å². The van der Waals surface area contributed by atoms with Crippen molar-refractivity contribution in [2.24, 2.45) is 0 Å². The lowest BCUT2D eigenvalue weighted by Gasteiger charge is -2.32. The molecule has 1 amide bonds. The summed E-state index contributed by atoms with van der Waals surface area (Å²) in [7, 11) is 0. The molecule has 11 heteroatoms. The van der Waals surface area contributed by atoms with Crippen LogP contribution in [0, 0.1) is 6.92 Å². The molecule has 0 spiro atoms. The van der Waals surface area contributed by atoms with Crippen molar-refractivity contribution >= 4 is 23.3 Å². The predicted molar refractivity (Wildman–Crippen MR) is 103 cm³/mol. The van der Waals surface area contributed by atoms with Crippen molar-refractivity contribution in [1.29, 1.82) is 0 Å². The van der Waals surface area contributed by atoms with Crippen molar-refractivity contribution in [2.75, 3.05) is 5.32 Å². The number of carbonyl (C=O) groups excluding carboxylic acids is 1. The van der Waals surface area contributed by atoms with Gasteiger partial charge in [-0.1, -0.05) is 23.7 Å². The third-order valence-corrected chi connectivity index (χ3v) is 4.72. The number of hydrogen-bond acceptors (Lipinski definition) is 5. The topological polar surface area (TPSA) is 73.3 Å². The SMILES string of the molecule is Cc1cc2c(cc1-c1cnc(NC(=O)c3ccccc3Cl)cn1)OC(F)(F)C(F)(F)O2. The van der Waals surface area contributed by atoms with Gasteiger partial charge in [0.15, 0.2) is 17.3 Å². The van der Waals surface area contributed by atoms with Gasteiger partial charge in [0.05, 0.1) is 28.7 Å². The molecule has 0 unspecified atom stereocenters. The Morgan fingerprint density at radius 3 is 2.26 bits per heavy atom. The van der Waals surface area contributed by atoms with Gasteiger partial charge in [-0.2, -0.15) is 17.6 Å². The smallest absolute Gasteiger partial charge is 0.421 e. The highest BCUT2D eigenvalue weighted by Gasteiger charge is 2.66. The molecule has 0 saturated carbocycles. The Labute approximate surface area is 177 Å². The van der Waals surface area contributed by atoms with Crippen molar-refractivity contribution in [3.63, 3.8) is 0 Å². The van der Waals surface area contributed by atoms with E-state index in [0.717, 1.165) is 12.1 Å². The summed E-state index contributed by atoms with van der Waals surface area (Å²) < 4.78 is 61.9. The van der Waals surface area contributed by atoms with E-state index >= 15 is 0 Å². The standard InChI is InChI=1S/C20H12ClF4N3O3/c1-10-6-15-16(31-20(24,25)19(22,23)30-15)7-12(10)14-8-27-17(9-26-14)28-18(29)11-4-2-3-5-13(11)21/h2-9H,1H3,(H,27,28,29). The van der Waals surface area contributed by atoms with Crippen LogP contribution in [-0.4, -0.2) is 28.1 Å². The molecule has 6 nitrogen and oxygen atoms in total. The fourth-order valence-electron chi connectivity index (χ4n) is 2.85. The number of carbonyl (C=O) groups is 1. The molecule has 1 aromatic heterocycles. The quantitative estimate of drug-likeness (QED) is 0.544. The average Bonchev–Trinajstić information content (AvgIpc) is 2.69. The van der Waals surface area contributed by atoms with Gasteiger partial charge in [0.25, 0.3) is 5.91 Å². The van der Waals surface area contributed by atoms with Crippen LogP contribution in [0.3, 0.4) is 0 Å². The number of halogens is 5. The zero-order valence-corrected chi connectivity index (χ0v) is 16.4. The van der Waals surface area contributed by atoms with Crippen LogP contribution in [0.15, 0.2) is 48.8 Å². The Kier molecular flexibility index (Phi) is 4.97. The highest BCUT2D eigenvalue weighted by atomic mass is 35.5. The number of fused-ring (bicyclic) bond motifs is 1. The van der Waals surface area contributed by atoms with Gasteiger partial charge >= 0.3 is 12.2 Å². The number of benzene rings is 2. The van der Waals surface area contributed by atoms with E-state index in [2.05, 4.69) is 24.8 Å². The van der Waals surface area contributed by atoms with Crippen LogP contribution in [0.2, 0.25) is 5.02 Å². The Hall–Kier alpha value is -3.40. The number of ether oxygens (including phenoxy) is 2. The van der Waals surface area contributed by atoms with Crippen LogP contribution < -0.4 is 14.8 Å². The van der Waals surface area contributed by atoms with Crippen molar-refractivity contribution in [2.45, 2.75) is 19.1 Å². The first-order valence-corrected chi connectivity index (χ1v) is 9.12. The van der Waals surface area contributed by atoms with Gasteiger partial charge in [-0.3, -0.25) is 9.78 Å². The molecule has 160 valence electrons. The summed E-state index contributed by atoms with van der Waals surface area (Å²) in [5, 5.41) is 2.80. The molecule has 0 atom stereocenters. The van der Waals surface area contributed by atoms with Crippen molar-refractivity contribution in [3.05, 3.63) is 64.9 Å². The molecule has 31 heavy (non-hydrogen) atoms. The number of amides is 1. The van der Waals surface area contributed by atoms with E-state index < -0.39 is 29.6 Å². The Morgan fingerprint density at radius 1 is 1.00 bits per heavy atom. The van der Waals surface area contributed by atoms with E-state index in [9.17, 15) is 22.4 Å². The number of aromatic nitrogens is 2. The van der Waals surface area contributed by atoms with Gasteiger partial charge in [0.2, 0.25) is 0 Å². The van der Waals surface area contributed by atoms with Crippen molar-refractivity contribution in [3.8, 4) is 22.8 Å². The Morgan fingerprint density at radius 2 is 1.65 bits per heavy atom. The summed E-state index contributed by atoms with van der Waals surface area (Å²) in [6.07, 6.45) is -7.09. The van der Waals surface area contributed by atoms with E-state index in [0.29, 0.717) is 11.1 Å².